The summed E-state index contributed by atoms with van der Waals surface area (Å²) in [7, 11) is 0. The fraction of sp³-hybridized carbons (Fsp3) is 0.375. The highest BCUT2D eigenvalue weighted by Gasteiger charge is 2.15. The van der Waals surface area contributed by atoms with Gasteiger partial charge in [-0.25, -0.2) is 0 Å². The van der Waals surface area contributed by atoms with Gasteiger partial charge in [0.25, 0.3) is 0 Å². The van der Waals surface area contributed by atoms with Crippen molar-refractivity contribution in [2.75, 3.05) is 13.1 Å². The Balaban J connectivity index is 2.72. The third-order valence-corrected chi connectivity index (χ3v) is 2.84. The first kappa shape index (κ1) is 14.7. The van der Waals surface area contributed by atoms with Crippen LogP contribution in [0.15, 0.2) is 49.6 Å². The quantitative estimate of drug-likeness (QED) is 0.746. The van der Waals surface area contributed by atoms with E-state index in [1.165, 1.54) is 5.56 Å². The van der Waals surface area contributed by atoms with E-state index in [9.17, 15) is 5.11 Å². The maximum Gasteiger partial charge on any atom is 0.0840 e. The minimum absolute atomic E-state index is 0.777. The Morgan fingerprint density at radius 2 is 1.61 bits per heavy atom. The van der Waals surface area contributed by atoms with Gasteiger partial charge in [0.1, 0.15) is 0 Å². The van der Waals surface area contributed by atoms with Gasteiger partial charge in [-0.3, -0.25) is 4.90 Å². The Kier molecular flexibility index (Phi) is 5.32. The predicted molar refractivity (Wildman–Crippen MR) is 77.4 cm³/mol. The summed E-state index contributed by atoms with van der Waals surface area (Å²) in [6.07, 6.45) is 3.80. The van der Waals surface area contributed by atoms with Crippen molar-refractivity contribution in [3.05, 3.63) is 60.7 Å². The number of nitrogens with zero attached hydrogens (tertiary/aromatic N) is 1. The average molecular weight is 245 g/mol. The lowest BCUT2D eigenvalue weighted by Gasteiger charge is -2.21. The van der Waals surface area contributed by atoms with Gasteiger partial charge in [0, 0.05) is 19.6 Å². The molecule has 1 aromatic carbocycles. The van der Waals surface area contributed by atoms with Crippen molar-refractivity contribution in [1.82, 2.24) is 4.90 Å². The summed E-state index contributed by atoms with van der Waals surface area (Å²) in [5.41, 5.74) is 1.39. The van der Waals surface area contributed by atoms with Crippen LogP contribution in [0.5, 0.6) is 0 Å². The first-order valence-corrected chi connectivity index (χ1v) is 6.23. The molecule has 2 nitrogen and oxygen atoms in total. The second kappa shape index (κ2) is 6.53. The van der Waals surface area contributed by atoms with Crippen LogP contribution < -0.4 is 0 Å². The summed E-state index contributed by atoms with van der Waals surface area (Å²) in [6, 6.07) is 8.09. The number of aliphatic hydroxyl groups is 1. The minimum atomic E-state index is -0.777. The van der Waals surface area contributed by atoms with Gasteiger partial charge < -0.3 is 5.11 Å². The van der Waals surface area contributed by atoms with E-state index >= 15 is 0 Å². The maximum atomic E-state index is 9.89. The van der Waals surface area contributed by atoms with Crippen LogP contribution >= 0.6 is 0 Å². The molecule has 1 rings (SSSR count). The molecule has 98 valence electrons. The van der Waals surface area contributed by atoms with Gasteiger partial charge in [-0.1, -0.05) is 36.4 Å². The molecule has 0 bridgehead atoms. The highest BCUT2D eigenvalue weighted by atomic mass is 16.3. The first-order valence-electron chi connectivity index (χ1n) is 6.23. The van der Waals surface area contributed by atoms with Crippen molar-refractivity contribution < 1.29 is 5.11 Å². The molecule has 18 heavy (non-hydrogen) atoms. The molecule has 0 aromatic heterocycles. The summed E-state index contributed by atoms with van der Waals surface area (Å²) >= 11 is 0. The molecule has 0 saturated carbocycles. The molecule has 1 N–H and O–H groups in total. The molecule has 0 radical (unpaired) electrons. The molecule has 2 heteroatoms. The van der Waals surface area contributed by atoms with Crippen LogP contribution in [0.1, 0.15) is 25.0 Å². The van der Waals surface area contributed by atoms with E-state index in [1.807, 2.05) is 24.3 Å². The van der Waals surface area contributed by atoms with E-state index in [4.69, 9.17) is 0 Å². The molecule has 0 fully saturated rings. The lowest BCUT2D eigenvalue weighted by atomic mass is 9.97. The van der Waals surface area contributed by atoms with Gasteiger partial charge in [-0.05, 0) is 25.0 Å². The van der Waals surface area contributed by atoms with Gasteiger partial charge in [-0.15, -0.1) is 13.2 Å². The molecular weight excluding hydrogens is 222 g/mol. The van der Waals surface area contributed by atoms with Crippen molar-refractivity contribution in [2.24, 2.45) is 0 Å². The molecule has 0 spiro atoms. The van der Waals surface area contributed by atoms with E-state index in [-0.39, 0.29) is 0 Å². The number of rotatable bonds is 7. The van der Waals surface area contributed by atoms with Crippen molar-refractivity contribution in [3.8, 4) is 0 Å². The summed E-state index contributed by atoms with van der Waals surface area (Å²) in [5.74, 6) is 0. The van der Waals surface area contributed by atoms with Gasteiger partial charge in [-0.2, -0.15) is 0 Å². The zero-order chi connectivity index (χ0) is 13.6. The fourth-order valence-corrected chi connectivity index (χ4v) is 1.85. The molecule has 0 aliphatic rings. The van der Waals surface area contributed by atoms with Gasteiger partial charge in [0.2, 0.25) is 0 Å². The Labute approximate surface area is 110 Å². The third-order valence-electron chi connectivity index (χ3n) is 2.84. The summed E-state index contributed by atoms with van der Waals surface area (Å²) in [6.45, 7) is 13.7. The van der Waals surface area contributed by atoms with Crippen molar-refractivity contribution in [2.45, 2.75) is 26.0 Å². The molecule has 0 aliphatic heterocycles. The van der Waals surface area contributed by atoms with Gasteiger partial charge >= 0.3 is 0 Å². The lowest BCUT2D eigenvalue weighted by molar-refractivity contribution is 0.0786. The number of benzene rings is 1. The summed E-state index contributed by atoms with van der Waals surface area (Å²) < 4.78 is 0. The van der Waals surface area contributed by atoms with Crippen LogP contribution in [0, 0.1) is 0 Å². The predicted octanol–water partition coefficient (Wildman–Crippen LogP) is 3.09. The zero-order valence-electron chi connectivity index (χ0n) is 11.4. The zero-order valence-corrected chi connectivity index (χ0v) is 11.4. The molecule has 0 heterocycles. The van der Waals surface area contributed by atoms with Crippen molar-refractivity contribution in [1.29, 1.82) is 0 Å². The highest BCUT2D eigenvalue weighted by molar-refractivity contribution is 5.26. The fourth-order valence-electron chi connectivity index (χ4n) is 1.85. The SMILES string of the molecule is C=CCN(CC=C)Cc1ccc(C(C)(C)O)cc1. The third kappa shape index (κ3) is 4.47. The van der Waals surface area contributed by atoms with Crippen LogP contribution in [0.2, 0.25) is 0 Å². The first-order chi connectivity index (χ1) is 8.47. The van der Waals surface area contributed by atoms with E-state index < -0.39 is 5.60 Å². The maximum absolute atomic E-state index is 9.89. The number of hydrogen-bond acceptors (Lipinski definition) is 2. The Hall–Kier alpha value is -1.38. The van der Waals surface area contributed by atoms with E-state index in [1.54, 1.807) is 13.8 Å². The molecule has 0 unspecified atom stereocenters. The lowest BCUT2D eigenvalue weighted by Crippen LogP contribution is -2.23. The molecule has 0 saturated heterocycles. The van der Waals surface area contributed by atoms with E-state index in [0.717, 1.165) is 25.2 Å². The normalized spacial score (nSPS) is 11.6. The average Bonchev–Trinajstić information content (AvgIpc) is 2.29. The van der Waals surface area contributed by atoms with E-state index in [0.29, 0.717) is 0 Å². The summed E-state index contributed by atoms with van der Waals surface area (Å²) in [4.78, 5) is 2.25. The highest BCUT2D eigenvalue weighted by Crippen LogP contribution is 2.20. The Morgan fingerprint density at radius 1 is 1.11 bits per heavy atom. The van der Waals surface area contributed by atoms with E-state index in [2.05, 4.69) is 30.2 Å². The van der Waals surface area contributed by atoms with Crippen LogP contribution in [0.25, 0.3) is 0 Å². The van der Waals surface area contributed by atoms with Crippen LogP contribution in [-0.4, -0.2) is 23.1 Å². The van der Waals surface area contributed by atoms with Gasteiger partial charge in [0.15, 0.2) is 0 Å². The Bertz CT molecular complexity index is 377. The monoisotopic (exact) mass is 245 g/mol. The summed E-state index contributed by atoms with van der Waals surface area (Å²) in [5, 5.41) is 9.89. The van der Waals surface area contributed by atoms with Crippen molar-refractivity contribution >= 4 is 0 Å². The smallest absolute Gasteiger partial charge is 0.0840 e. The molecule has 0 aliphatic carbocycles. The molecule has 1 aromatic rings. The number of hydrogen-bond donors (Lipinski definition) is 1. The topological polar surface area (TPSA) is 23.5 Å². The second-order valence-electron chi connectivity index (χ2n) is 5.03. The minimum Gasteiger partial charge on any atom is -0.386 e. The van der Waals surface area contributed by atoms with Gasteiger partial charge in [0.05, 0.1) is 5.60 Å². The van der Waals surface area contributed by atoms with Crippen LogP contribution in [0.4, 0.5) is 0 Å². The van der Waals surface area contributed by atoms with Crippen LogP contribution in [-0.2, 0) is 12.1 Å². The van der Waals surface area contributed by atoms with Crippen LogP contribution in [0.3, 0.4) is 0 Å². The molecule has 0 atom stereocenters. The second-order valence-corrected chi connectivity index (χ2v) is 5.03. The largest absolute Gasteiger partial charge is 0.386 e. The standard InChI is InChI=1S/C16H23NO/c1-5-11-17(12-6-2)13-14-7-9-15(10-8-14)16(3,4)18/h5-10,18H,1-2,11-13H2,3-4H3. The molecule has 0 amide bonds. The Morgan fingerprint density at radius 3 is 2.00 bits per heavy atom. The molecular formula is C16H23NO. The van der Waals surface area contributed by atoms with Crippen molar-refractivity contribution in [3.63, 3.8) is 0 Å².